The van der Waals surface area contributed by atoms with Gasteiger partial charge in [0.05, 0.1) is 22.7 Å². The standard InChI is InChI=1S/C74H48N2O2/c1-45-41-65(75(51-27-11-5-12-28-51)63-35-19-33-59-69-55-31-17-15-25-49(55)43-61(73(69)77-71(59)63)47-21-7-3-8-22-47)57-40-38-54-46(2)42-66(58-39-37-53(45)67(57)68(54)58)76(52-29-13-6-14-30-52)64-36-20-34-60-70-56-32-18-16-26-50(56)44-62(74(70)78-72(60)64)48-23-9-4-10-24-48/h3-44H,1-2H3. The van der Waals surface area contributed by atoms with Crippen molar-refractivity contribution in [1.82, 2.24) is 0 Å². The van der Waals surface area contributed by atoms with E-state index in [0.29, 0.717) is 0 Å². The number of hydrogen-bond donors (Lipinski definition) is 0. The summed E-state index contributed by atoms with van der Waals surface area (Å²) in [5, 5.41) is 16.3. The Morgan fingerprint density at radius 2 is 0.615 bits per heavy atom. The van der Waals surface area contributed by atoms with E-state index in [0.717, 1.165) is 111 Å². The molecule has 2 heterocycles. The Morgan fingerprint density at radius 1 is 0.256 bits per heavy atom. The van der Waals surface area contributed by atoms with Crippen LogP contribution in [0.1, 0.15) is 11.1 Å². The summed E-state index contributed by atoms with van der Waals surface area (Å²) in [6.07, 6.45) is 0. The van der Waals surface area contributed by atoms with Gasteiger partial charge < -0.3 is 18.6 Å². The van der Waals surface area contributed by atoms with Gasteiger partial charge in [-0.25, -0.2) is 0 Å². The molecular weight excluding hydrogens is 949 g/mol. The minimum Gasteiger partial charge on any atom is -0.453 e. The second-order valence-corrected chi connectivity index (χ2v) is 20.8. The van der Waals surface area contributed by atoms with Gasteiger partial charge in [-0.05, 0) is 140 Å². The Hall–Kier alpha value is -10.2. The van der Waals surface area contributed by atoms with Gasteiger partial charge in [-0.15, -0.1) is 0 Å². The number of fused-ring (bicyclic) bond motifs is 10. The molecule has 0 saturated carbocycles. The second-order valence-electron chi connectivity index (χ2n) is 20.8. The molecule has 4 heteroatoms. The smallest absolute Gasteiger partial charge is 0.159 e. The van der Waals surface area contributed by atoms with E-state index in [1.807, 2.05) is 0 Å². The summed E-state index contributed by atoms with van der Waals surface area (Å²) < 4.78 is 14.7. The SMILES string of the molecule is Cc1cc(N(c2ccccc2)c2cccc3c2oc2c(-c4ccccc4)cc4ccccc4c23)c2ccc3c(C)cc(N(c4ccccc4)c4cccc5c4oc4c(-c6ccccc6)cc6ccccc6c45)c4ccc1c2c34. The quantitative estimate of drug-likeness (QED) is 0.142. The van der Waals surface area contributed by atoms with E-state index in [1.165, 1.54) is 54.2 Å². The van der Waals surface area contributed by atoms with Crippen LogP contribution in [0, 0.1) is 13.8 Å². The zero-order valence-electron chi connectivity index (χ0n) is 43.0. The largest absolute Gasteiger partial charge is 0.453 e. The van der Waals surface area contributed by atoms with Crippen molar-refractivity contribution >= 4 is 132 Å². The van der Waals surface area contributed by atoms with Crippen LogP contribution in [-0.4, -0.2) is 0 Å². The molecule has 0 saturated heterocycles. The molecule has 0 bridgehead atoms. The van der Waals surface area contributed by atoms with Crippen molar-refractivity contribution in [1.29, 1.82) is 0 Å². The number of aryl methyl sites for hydroxylation is 2. The normalized spacial score (nSPS) is 12.0. The van der Waals surface area contributed by atoms with Gasteiger partial charge in [-0.1, -0.05) is 194 Å². The first-order valence-electron chi connectivity index (χ1n) is 26.8. The zero-order valence-corrected chi connectivity index (χ0v) is 43.0. The van der Waals surface area contributed by atoms with E-state index in [-0.39, 0.29) is 0 Å². The zero-order chi connectivity index (χ0) is 51.6. The fraction of sp³-hybridized carbons (Fsp3) is 0.0270. The average Bonchev–Trinajstić information content (AvgIpc) is 4.10. The second kappa shape index (κ2) is 17.2. The third-order valence-electron chi connectivity index (χ3n) is 16.4. The molecule has 0 spiro atoms. The maximum Gasteiger partial charge on any atom is 0.159 e. The Morgan fingerprint density at radius 3 is 1.04 bits per heavy atom. The van der Waals surface area contributed by atoms with Crippen molar-refractivity contribution in [2.24, 2.45) is 0 Å². The van der Waals surface area contributed by atoms with Crippen LogP contribution in [0.3, 0.4) is 0 Å². The molecule has 0 amide bonds. The Balaban J connectivity index is 0.961. The summed E-state index contributed by atoms with van der Waals surface area (Å²) >= 11 is 0. The van der Waals surface area contributed by atoms with Gasteiger partial charge >= 0.3 is 0 Å². The van der Waals surface area contributed by atoms with Crippen LogP contribution in [0.2, 0.25) is 0 Å². The van der Waals surface area contributed by atoms with Crippen molar-refractivity contribution in [3.8, 4) is 22.3 Å². The van der Waals surface area contributed by atoms with E-state index in [1.54, 1.807) is 0 Å². The number of para-hydroxylation sites is 4. The first-order chi connectivity index (χ1) is 38.6. The van der Waals surface area contributed by atoms with Gasteiger partial charge in [0.2, 0.25) is 0 Å². The summed E-state index contributed by atoms with van der Waals surface area (Å²) in [4.78, 5) is 4.85. The summed E-state index contributed by atoms with van der Waals surface area (Å²) in [5.41, 5.74) is 16.4. The van der Waals surface area contributed by atoms with E-state index >= 15 is 0 Å². The Kier molecular flexibility index (Phi) is 9.73. The molecule has 0 unspecified atom stereocenters. The molecule has 0 radical (unpaired) electrons. The maximum absolute atomic E-state index is 7.34. The predicted octanol–water partition coefficient (Wildman–Crippen LogP) is 21.6. The van der Waals surface area contributed by atoms with Gasteiger partial charge in [0.1, 0.15) is 11.2 Å². The van der Waals surface area contributed by atoms with Crippen LogP contribution in [0.5, 0.6) is 0 Å². The molecule has 16 rings (SSSR count). The van der Waals surface area contributed by atoms with Crippen LogP contribution in [0.25, 0.3) is 120 Å². The molecule has 78 heavy (non-hydrogen) atoms. The van der Waals surface area contributed by atoms with Crippen molar-refractivity contribution in [3.05, 3.63) is 266 Å². The third-order valence-corrected chi connectivity index (χ3v) is 16.4. The number of nitrogens with zero attached hydrogens (tertiary/aromatic N) is 2. The van der Waals surface area contributed by atoms with Gasteiger partial charge in [0.15, 0.2) is 11.2 Å². The fourth-order valence-electron chi connectivity index (χ4n) is 12.9. The molecule has 0 fully saturated rings. The van der Waals surface area contributed by atoms with E-state index in [4.69, 9.17) is 8.83 Å². The lowest BCUT2D eigenvalue weighted by molar-refractivity contribution is 0.670. The van der Waals surface area contributed by atoms with Crippen molar-refractivity contribution in [2.75, 3.05) is 9.80 Å². The molecule has 0 N–H and O–H groups in total. The molecule has 0 aliphatic heterocycles. The van der Waals surface area contributed by atoms with Gasteiger partial charge in [0.25, 0.3) is 0 Å². The van der Waals surface area contributed by atoms with Gasteiger partial charge in [-0.3, -0.25) is 0 Å². The molecule has 0 atom stereocenters. The summed E-state index contributed by atoms with van der Waals surface area (Å²) in [5.74, 6) is 0. The number of hydrogen-bond acceptors (Lipinski definition) is 4. The van der Waals surface area contributed by atoms with Crippen molar-refractivity contribution < 1.29 is 8.83 Å². The highest BCUT2D eigenvalue weighted by atomic mass is 16.3. The number of furan rings is 2. The minimum atomic E-state index is 0.841. The lowest BCUT2D eigenvalue weighted by atomic mass is 9.88. The monoisotopic (exact) mass is 996 g/mol. The van der Waals surface area contributed by atoms with Crippen LogP contribution in [0.15, 0.2) is 264 Å². The molecule has 2 aromatic heterocycles. The fourth-order valence-corrected chi connectivity index (χ4v) is 12.9. The topological polar surface area (TPSA) is 32.8 Å². The highest BCUT2D eigenvalue weighted by Crippen LogP contribution is 2.53. The molecule has 4 nitrogen and oxygen atoms in total. The maximum atomic E-state index is 7.34. The molecule has 16 aromatic rings. The molecule has 0 aliphatic rings. The highest BCUT2D eigenvalue weighted by Gasteiger charge is 2.28. The highest BCUT2D eigenvalue weighted by molar-refractivity contribution is 6.31. The van der Waals surface area contributed by atoms with Crippen LogP contribution < -0.4 is 9.80 Å². The number of rotatable bonds is 8. The van der Waals surface area contributed by atoms with E-state index in [9.17, 15) is 0 Å². The van der Waals surface area contributed by atoms with Crippen molar-refractivity contribution in [3.63, 3.8) is 0 Å². The summed E-state index contributed by atoms with van der Waals surface area (Å²) in [6, 6.07) is 92.2. The minimum absolute atomic E-state index is 0.841. The number of benzene rings is 14. The molecular formula is C74H48N2O2. The van der Waals surface area contributed by atoms with E-state index < -0.39 is 0 Å². The first-order valence-corrected chi connectivity index (χ1v) is 26.8. The lowest BCUT2D eigenvalue weighted by Gasteiger charge is -2.30. The predicted molar refractivity (Wildman–Crippen MR) is 329 cm³/mol. The van der Waals surface area contributed by atoms with E-state index in [2.05, 4.69) is 278 Å². The van der Waals surface area contributed by atoms with Crippen LogP contribution in [-0.2, 0) is 0 Å². The molecule has 366 valence electrons. The van der Waals surface area contributed by atoms with Crippen LogP contribution in [0.4, 0.5) is 34.1 Å². The molecule has 14 aromatic carbocycles. The average molecular weight is 997 g/mol. The first kappa shape index (κ1) is 44.2. The third kappa shape index (κ3) is 6.53. The summed E-state index contributed by atoms with van der Waals surface area (Å²) in [6.45, 7) is 4.52. The van der Waals surface area contributed by atoms with Crippen LogP contribution >= 0.6 is 0 Å². The summed E-state index contributed by atoms with van der Waals surface area (Å²) in [7, 11) is 0. The Labute approximate surface area is 450 Å². The number of anilines is 6. The molecule has 0 aliphatic carbocycles. The van der Waals surface area contributed by atoms with Gasteiger partial charge in [-0.2, -0.15) is 0 Å². The van der Waals surface area contributed by atoms with Gasteiger partial charge in [0, 0.05) is 54.8 Å². The lowest BCUT2D eigenvalue weighted by Crippen LogP contribution is -2.12. The van der Waals surface area contributed by atoms with Crippen molar-refractivity contribution in [2.45, 2.75) is 13.8 Å². The Bertz CT molecular complexity index is 4720.